The lowest BCUT2D eigenvalue weighted by Gasteiger charge is -2.27. The molecule has 1 N–H and O–H groups in total. The van der Waals surface area contributed by atoms with Gasteiger partial charge in [0.1, 0.15) is 0 Å². The molecule has 0 radical (unpaired) electrons. The zero-order valence-electron chi connectivity index (χ0n) is 14.7. The van der Waals surface area contributed by atoms with E-state index in [0.717, 1.165) is 6.07 Å². The minimum Gasteiger partial charge on any atom is -0.494 e. The van der Waals surface area contributed by atoms with Crippen LogP contribution in [0.4, 0.5) is 23.2 Å². The van der Waals surface area contributed by atoms with Crippen LogP contribution in [0.15, 0.2) is 42.7 Å². The summed E-state index contributed by atoms with van der Waals surface area (Å²) in [5, 5.41) is 2.61. The Bertz CT molecular complexity index is 757. The first-order valence-corrected chi connectivity index (χ1v) is 8.39. The highest BCUT2D eigenvalue weighted by Gasteiger charge is 2.39. The van der Waals surface area contributed by atoms with Gasteiger partial charge in [-0.15, -0.1) is 0 Å². The van der Waals surface area contributed by atoms with E-state index < -0.39 is 23.5 Å². The first-order valence-electron chi connectivity index (χ1n) is 8.39. The summed E-state index contributed by atoms with van der Waals surface area (Å²) < 4.78 is 55.6. The summed E-state index contributed by atoms with van der Waals surface area (Å²) in [6.45, 7) is 0. The van der Waals surface area contributed by atoms with Crippen molar-refractivity contribution in [1.29, 1.82) is 0 Å². The molecule has 1 atom stereocenters. The van der Waals surface area contributed by atoms with Crippen molar-refractivity contribution in [3.05, 3.63) is 54.4 Å². The van der Waals surface area contributed by atoms with Crippen molar-refractivity contribution in [2.45, 2.75) is 31.6 Å². The van der Waals surface area contributed by atoms with Gasteiger partial charge in [0.05, 0.1) is 19.0 Å². The van der Waals surface area contributed by atoms with E-state index in [1.807, 2.05) is 0 Å². The molecule has 4 nitrogen and oxygen atoms in total. The van der Waals surface area contributed by atoms with Crippen LogP contribution in [0.25, 0.3) is 0 Å². The molecule has 8 heteroatoms. The number of rotatable bonds is 3. The number of benzene rings is 1. The highest BCUT2D eigenvalue weighted by Crippen LogP contribution is 2.37. The largest absolute Gasteiger partial charge is 0.494 e. The van der Waals surface area contributed by atoms with E-state index >= 15 is 0 Å². The highest BCUT2D eigenvalue weighted by atomic mass is 19.3. The zero-order valence-corrected chi connectivity index (χ0v) is 14.7. The molecule has 146 valence electrons. The number of pyridine rings is 1. The molecule has 0 aliphatic heterocycles. The maximum atomic E-state index is 13.2. The number of nitrogens with one attached hydrogen (secondary N) is 1. The predicted molar refractivity (Wildman–Crippen MR) is 92.7 cm³/mol. The smallest absolute Gasteiger partial charge is 0.248 e. The summed E-state index contributed by atoms with van der Waals surface area (Å²) in [5.41, 5.74) is 0.548. The number of carbonyl (C=O) groups is 1. The average Bonchev–Trinajstić information content (AvgIpc) is 2.64. The number of hydrogen-bond acceptors (Lipinski definition) is 3. The molecule has 27 heavy (non-hydrogen) atoms. The van der Waals surface area contributed by atoms with Crippen LogP contribution < -0.4 is 10.1 Å². The first-order chi connectivity index (χ1) is 12.8. The number of halogens is 4. The number of aromatic nitrogens is 1. The van der Waals surface area contributed by atoms with Gasteiger partial charge in [0.2, 0.25) is 17.6 Å². The van der Waals surface area contributed by atoms with E-state index in [1.54, 1.807) is 18.3 Å². The van der Waals surface area contributed by atoms with Gasteiger partial charge in [-0.2, -0.15) is 4.39 Å². The van der Waals surface area contributed by atoms with Crippen LogP contribution in [0.1, 0.15) is 25.7 Å². The number of amides is 1. The van der Waals surface area contributed by atoms with Crippen LogP contribution in [0.5, 0.6) is 5.75 Å². The molecule has 1 amide bonds. The average molecular weight is 384 g/mol. The number of carbonyl (C=O) groups excluding carboxylic acids is 1. The van der Waals surface area contributed by atoms with Crippen molar-refractivity contribution in [3.8, 4) is 5.75 Å². The summed E-state index contributed by atoms with van der Waals surface area (Å²) in [4.78, 5) is 15.6. The summed E-state index contributed by atoms with van der Waals surface area (Å²) in [5.74, 6) is -5.53. The van der Waals surface area contributed by atoms with Gasteiger partial charge in [0, 0.05) is 25.0 Å². The molecule has 1 fully saturated rings. The molecule has 1 aliphatic carbocycles. The SMILES string of the molecule is COc1cccc(F)c1F.O=C(Nc1cccnc1)[C@H]1CCCC(F)(F)C1. The molecule has 2 aromatic rings. The topological polar surface area (TPSA) is 51.2 Å². The van der Waals surface area contributed by atoms with Crippen molar-refractivity contribution < 1.29 is 27.1 Å². The van der Waals surface area contributed by atoms with E-state index in [9.17, 15) is 22.4 Å². The fourth-order valence-corrected chi connectivity index (χ4v) is 2.72. The van der Waals surface area contributed by atoms with Crippen molar-refractivity contribution >= 4 is 11.6 Å². The van der Waals surface area contributed by atoms with E-state index in [4.69, 9.17) is 0 Å². The van der Waals surface area contributed by atoms with Crippen LogP contribution in [-0.2, 0) is 4.79 Å². The van der Waals surface area contributed by atoms with E-state index in [0.29, 0.717) is 18.5 Å². The highest BCUT2D eigenvalue weighted by molar-refractivity contribution is 5.92. The molecule has 1 heterocycles. The molecule has 1 saturated carbocycles. The van der Waals surface area contributed by atoms with Crippen molar-refractivity contribution in [2.24, 2.45) is 5.92 Å². The third kappa shape index (κ3) is 6.23. The Morgan fingerprint density at radius 2 is 2.04 bits per heavy atom. The van der Waals surface area contributed by atoms with Crippen molar-refractivity contribution in [2.75, 3.05) is 12.4 Å². The van der Waals surface area contributed by atoms with E-state index in [2.05, 4.69) is 15.0 Å². The maximum absolute atomic E-state index is 13.2. The zero-order chi connectivity index (χ0) is 19.9. The van der Waals surface area contributed by atoms with Gasteiger partial charge in [-0.25, -0.2) is 13.2 Å². The molecule has 0 bridgehead atoms. The molecular weight excluding hydrogens is 364 g/mol. The third-order valence-electron chi connectivity index (χ3n) is 4.08. The first kappa shape index (κ1) is 20.7. The van der Waals surface area contributed by atoms with E-state index in [1.165, 1.54) is 25.4 Å². The van der Waals surface area contributed by atoms with Gasteiger partial charge < -0.3 is 10.1 Å². The molecule has 1 aliphatic rings. The number of alkyl halides is 2. The Hall–Kier alpha value is -2.64. The second-order valence-corrected chi connectivity index (χ2v) is 6.14. The lowest BCUT2D eigenvalue weighted by molar-refractivity contribution is -0.127. The fraction of sp³-hybridized carbons (Fsp3) is 0.368. The fourth-order valence-electron chi connectivity index (χ4n) is 2.72. The quantitative estimate of drug-likeness (QED) is 0.772. The number of anilines is 1. The van der Waals surface area contributed by atoms with Gasteiger partial charge in [-0.05, 0) is 37.1 Å². The predicted octanol–water partition coefficient (Wildman–Crippen LogP) is 4.82. The second kappa shape index (κ2) is 9.34. The normalized spacial score (nSPS) is 18.0. The Labute approximate surface area is 154 Å². The summed E-state index contributed by atoms with van der Waals surface area (Å²) in [6, 6.07) is 7.16. The Morgan fingerprint density at radius 3 is 2.63 bits per heavy atom. The molecule has 3 rings (SSSR count). The summed E-state index contributed by atoms with van der Waals surface area (Å²) in [6.07, 6.45) is 3.56. The summed E-state index contributed by atoms with van der Waals surface area (Å²) >= 11 is 0. The van der Waals surface area contributed by atoms with Gasteiger partial charge >= 0.3 is 0 Å². The van der Waals surface area contributed by atoms with Crippen LogP contribution >= 0.6 is 0 Å². The third-order valence-corrected chi connectivity index (χ3v) is 4.08. The lowest BCUT2D eigenvalue weighted by Crippen LogP contribution is -2.33. The van der Waals surface area contributed by atoms with Crippen molar-refractivity contribution in [3.63, 3.8) is 0 Å². The molecule has 1 aromatic heterocycles. The lowest BCUT2D eigenvalue weighted by atomic mass is 9.86. The number of hydrogen-bond donors (Lipinski definition) is 1. The Morgan fingerprint density at radius 1 is 1.26 bits per heavy atom. The standard InChI is InChI=1S/C12H14F2N2O.C7H6F2O/c13-12(14)5-1-3-9(7-12)11(17)16-10-4-2-6-15-8-10;1-10-6-4-2-3-5(8)7(6)9/h2,4,6,8-9H,1,3,5,7H2,(H,16,17);2-4H,1H3/t9-;/m0./s1. The number of methoxy groups -OCH3 is 1. The molecule has 0 saturated heterocycles. The van der Waals surface area contributed by atoms with Crippen molar-refractivity contribution in [1.82, 2.24) is 4.98 Å². The van der Waals surface area contributed by atoms with Crippen LogP contribution in [0, 0.1) is 17.6 Å². The minimum atomic E-state index is -2.70. The van der Waals surface area contributed by atoms with E-state index in [-0.39, 0.29) is 24.5 Å². The molecule has 1 aromatic carbocycles. The van der Waals surface area contributed by atoms with Crippen LogP contribution in [0.3, 0.4) is 0 Å². The monoisotopic (exact) mass is 384 g/mol. The molecule has 0 unspecified atom stereocenters. The van der Waals surface area contributed by atoms with Gasteiger partial charge in [0.15, 0.2) is 11.6 Å². The molecular formula is C19H20F4N2O2. The van der Waals surface area contributed by atoms with Gasteiger partial charge in [-0.3, -0.25) is 9.78 Å². The Balaban J connectivity index is 0.000000223. The van der Waals surface area contributed by atoms with Crippen LogP contribution in [0.2, 0.25) is 0 Å². The van der Waals surface area contributed by atoms with Gasteiger partial charge in [-0.1, -0.05) is 6.07 Å². The Kier molecular flexibility index (Phi) is 7.15. The number of nitrogens with zero attached hydrogens (tertiary/aromatic N) is 1. The maximum Gasteiger partial charge on any atom is 0.248 e. The molecule has 0 spiro atoms. The minimum absolute atomic E-state index is 0.0694. The van der Waals surface area contributed by atoms with Crippen LogP contribution in [-0.4, -0.2) is 23.9 Å². The second-order valence-electron chi connectivity index (χ2n) is 6.14. The van der Waals surface area contributed by atoms with Gasteiger partial charge in [0.25, 0.3) is 0 Å². The summed E-state index contributed by atoms with van der Waals surface area (Å²) in [7, 11) is 1.29. The number of ether oxygens (including phenoxy) is 1.